The van der Waals surface area contributed by atoms with E-state index in [1.165, 1.54) is 30.8 Å². The summed E-state index contributed by atoms with van der Waals surface area (Å²) in [6.07, 6.45) is 38.6. The van der Waals surface area contributed by atoms with Crippen LogP contribution in [0, 0.1) is 35.5 Å². The summed E-state index contributed by atoms with van der Waals surface area (Å²) in [4.78, 5) is 141. The minimum atomic E-state index is -0.545. The van der Waals surface area contributed by atoms with Gasteiger partial charge < -0.3 is 29.2 Å². The number of pyridine rings is 6. The van der Waals surface area contributed by atoms with Crippen LogP contribution in [0.2, 0.25) is 30.9 Å². The van der Waals surface area contributed by atoms with Crippen LogP contribution in [0.15, 0.2) is 215 Å². The highest BCUT2D eigenvalue weighted by atomic mass is 35.5. The number of nitrogens with zero attached hydrogens (tertiary/aromatic N) is 23. The molecule has 44 heteroatoms. The fourth-order valence-electron chi connectivity index (χ4n) is 12.8. The first-order chi connectivity index (χ1) is 65.3. The van der Waals surface area contributed by atoms with E-state index in [1.807, 2.05) is 68.4 Å². The summed E-state index contributed by atoms with van der Waals surface area (Å²) < 4.78 is 30.1. The normalized spacial score (nSPS) is 13.5. The van der Waals surface area contributed by atoms with Gasteiger partial charge in [0.05, 0.1) is 120 Å². The molecule has 1 atom stereocenters. The van der Waals surface area contributed by atoms with Crippen LogP contribution in [0.4, 0.5) is 34.1 Å². The molecule has 0 bridgehead atoms. The van der Waals surface area contributed by atoms with E-state index in [1.54, 1.807) is 198 Å². The van der Waals surface area contributed by atoms with Crippen LogP contribution in [0.25, 0.3) is 34.1 Å². The van der Waals surface area contributed by atoms with E-state index < -0.39 is 11.9 Å². The van der Waals surface area contributed by atoms with E-state index in [0.29, 0.717) is 80.8 Å². The molecule has 1 N–H and O–H groups in total. The Labute approximate surface area is 810 Å². The number of benzene rings is 1. The van der Waals surface area contributed by atoms with Crippen LogP contribution in [0.1, 0.15) is 102 Å². The van der Waals surface area contributed by atoms with Crippen molar-refractivity contribution in [1.29, 1.82) is 0 Å². The lowest BCUT2D eigenvalue weighted by Gasteiger charge is -2.22. The summed E-state index contributed by atoms with van der Waals surface area (Å²) in [5.74, 6) is -1.55. The van der Waals surface area contributed by atoms with Crippen molar-refractivity contribution in [3.63, 3.8) is 0 Å². The maximum Gasteiger partial charge on any atom is 0.339 e. The summed E-state index contributed by atoms with van der Waals surface area (Å²) in [5, 5.41) is 29.3. The lowest BCUT2D eigenvalue weighted by molar-refractivity contribution is -0.149. The summed E-state index contributed by atoms with van der Waals surface area (Å²) in [7, 11) is 1.55. The van der Waals surface area contributed by atoms with Crippen LogP contribution < -0.4 is 29.8 Å². The van der Waals surface area contributed by atoms with Gasteiger partial charge in [0.15, 0.2) is 44.4 Å². The topological polar surface area (TPSA) is 403 Å². The number of rotatable bonds is 30. The highest BCUT2D eigenvalue weighted by Crippen LogP contribution is 2.41. The standard InChI is InChI=1S/C20H17ClN4O3.C17H19ClN4O4.C14H15ClN4O2.C14H13ClN4O2.C14H17ClN4OS.C12H11ClN4O/c21-18-17(12-25(23-18)16-7-4-10-22-11-16)24(19(26)14-8-9-14)13-28-20(27)15-5-2-1-3-6-15;1-2-25-10-15(23)26-11-21(17(24)12-5-6-12)14-9-22(20-16(14)18)13-4-3-7-19-8-13;1-21-9-18(14(20)10-4-5-10)12-8-19(17-13(12)15)11-3-2-6-16-7-11;1-9(20)19(14(21)10-4-5-10)12-8-18(17-13(12)15)11-3-2-6-16-7-11;1-3-18(14(20)10(2)9-21)12-8-19(17-13(12)15)11-5-4-6-16-7-11;13-11-10(15-12(18)8-3-4-8)7-17(16-11)9-2-1-5-14-6-9/h1-7,10-12,14H,8-9,13H2;3-4,7-9,12H,2,5-6,10-11H2,1H3;2-3,6-8,10H,4-5,9H2,1H3;2-3,6-8,10H,4-5H2,1H3;4-8,10,21H,3,9H2,1-2H3;1-2,5-8H,3-4H2,(H,15,18). The lowest BCUT2D eigenvalue weighted by atomic mass is 10.2. The van der Waals surface area contributed by atoms with E-state index in [9.17, 15) is 43.2 Å². The fourth-order valence-corrected chi connectivity index (χ4v) is 14.2. The number of amides is 7. The Morgan fingerprint density at radius 3 is 1.07 bits per heavy atom. The zero-order valence-corrected chi connectivity index (χ0v) is 78.9. The molecule has 135 heavy (non-hydrogen) atoms. The predicted molar refractivity (Wildman–Crippen MR) is 508 cm³/mol. The van der Waals surface area contributed by atoms with Gasteiger partial charge in [-0.05, 0) is 163 Å². The highest BCUT2D eigenvalue weighted by molar-refractivity contribution is 7.80. The Morgan fingerprint density at radius 2 is 0.741 bits per heavy atom. The van der Waals surface area contributed by atoms with Gasteiger partial charge in [-0.1, -0.05) is 94.7 Å². The molecular weight excluding hydrogens is 1880 g/mol. The van der Waals surface area contributed by atoms with Gasteiger partial charge >= 0.3 is 11.9 Å². The molecule has 0 spiro atoms. The first kappa shape index (κ1) is 99.3. The second-order valence-corrected chi connectivity index (χ2v) is 33.5. The molecule has 1 aromatic carbocycles. The summed E-state index contributed by atoms with van der Waals surface area (Å²) in [6, 6.07) is 30.4. The molecule has 5 saturated carbocycles. The number of carbonyl (C=O) groups is 9. The molecule has 37 nitrogen and oxygen atoms in total. The van der Waals surface area contributed by atoms with Gasteiger partial charge in [-0.3, -0.25) is 78.2 Å². The SMILES string of the molecule is CC(=O)N(C(=O)C1CC1)c1cn(-c2cccnc2)nc1Cl.CCN(C(=O)C(C)CS)c1cn(-c2cccnc2)nc1Cl.CCOCC(=O)OCN(C(=O)C1CC1)c1cn(-c2cccnc2)nc1Cl.COCN(C(=O)C1CC1)c1cn(-c2cccnc2)nc1Cl.O=C(Nc1cn(-c2cccnc2)nc1Cl)C1CC1.O=C(OCN(C(=O)C1CC1)c1cn(-c2cccnc2)nc1Cl)c1ccccc1. The minimum Gasteiger partial charge on any atom is -0.442 e. The van der Waals surface area contributed by atoms with Gasteiger partial charge in [0.2, 0.25) is 41.4 Å². The van der Waals surface area contributed by atoms with Crippen molar-refractivity contribution in [3.8, 4) is 34.1 Å². The number of ether oxygens (including phenoxy) is 4. The third-order valence-electron chi connectivity index (χ3n) is 20.7. The third-order valence-corrected chi connectivity index (χ3v) is 22.9. The largest absolute Gasteiger partial charge is 0.442 e. The van der Waals surface area contributed by atoms with E-state index in [0.717, 1.165) is 86.2 Å². The number of esters is 2. The second kappa shape index (κ2) is 47.6. The average Bonchev–Trinajstić information content (AvgIpc) is 1.69. The Hall–Kier alpha value is -13.2. The molecule has 0 saturated heterocycles. The molecule has 5 aliphatic rings. The first-order valence-corrected chi connectivity index (χ1v) is 45.6. The molecule has 12 heterocycles. The van der Waals surface area contributed by atoms with Crippen molar-refractivity contribution < 1.29 is 62.1 Å². The molecule has 702 valence electrons. The van der Waals surface area contributed by atoms with Gasteiger partial charge in [0, 0.05) is 106 Å². The monoisotopic (exact) mass is 1970 g/mol. The number of methoxy groups -OCH3 is 1. The minimum absolute atomic E-state index is 0.0138. The van der Waals surface area contributed by atoms with Crippen LogP contribution in [-0.2, 0) is 57.3 Å². The maximum absolute atomic E-state index is 12.8. The van der Waals surface area contributed by atoms with Crippen molar-refractivity contribution in [3.05, 3.63) is 251 Å². The Morgan fingerprint density at radius 1 is 0.415 bits per heavy atom. The Bertz CT molecular complexity index is 6210. The molecule has 13 aromatic rings. The smallest absolute Gasteiger partial charge is 0.339 e. The number of carbonyl (C=O) groups excluding carboxylic acids is 9. The van der Waals surface area contributed by atoms with Gasteiger partial charge in [-0.25, -0.2) is 42.6 Å². The zero-order valence-electron chi connectivity index (χ0n) is 73.5. The Balaban J connectivity index is 0.000000138. The molecule has 5 fully saturated rings. The quantitative estimate of drug-likeness (QED) is 0.0240. The van der Waals surface area contributed by atoms with Crippen molar-refractivity contribution in [1.82, 2.24) is 88.6 Å². The first-order valence-electron chi connectivity index (χ1n) is 42.7. The van der Waals surface area contributed by atoms with E-state index in [-0.39, 0.29) is 129 Å². The van der Waals surface area contributed by atoms with Crippen LogP contribution in [0.3, 0.4) is 0 Å². The summed E-state index contributed by atoms with van der Waals surface area (Å²) in [6.45, 7) is 7.33. The van der Waals surface area contributed by atoms with Gasteiger partial charge in [0.25, 0.3) is 0 Å². The van der Waals surface area contributed by atoms with Crippen molar-refractivity contribution in [2.45, 2.75) is 91.9 Å². The predicted octanol–water partition coefficient (Wildman–Crippen LogP) is 15.3. The summed E-state index contributed by atoms with van der Waals surface area (Å²) in [5.41, 5.74) is 7.67. The highest BCUT2D eigenvalue weighted by Gasteiger charge is 2.41. The lowest BCUT2D eigenvalue weighted by Crippen LogP contribution is -2.36. The molecule has 5 aliphatic carbocycles. The average molecular weight is 1970 g/mol. The van der Waals surface area contributed by atoms with Crippen LogP contribution >= 0.6 is 82.2 Å². The molecular formula is C91H92Cl6N24O13S. The van der Waals surface area contributed by atoms with E-state index >= 15 is 0 Å². The number of nitrogens with one attached hydrogen (secondary N) is 1. The van der Waals surface area contributed by atoms with Crippen molar-refractivity contribution in [2.75, 3.05) is 82.6 Å². The zero-order chi connectivity index (χ0) is 95.8. The number of aromatic nitrogens is 18. The molecule has 7 amide bonds. The Kier molecular flexibility index (Phi) is 35.0. The molecule has 12 aromatic heterocycles. The van der Waals surface area contributed by atoms with E-state index in [2.05, 4.69) is 78.4 Å². The number of hydrogen-bond donors (Lipinski definition) is 2. The molecule has 0 radical (unpaired) electrons. The molecule has 18 rings (SSSR count). The van der Waals surface area contributed by atoms with Crippen molar-refractivity contribution >= 4 is 170 Å². The van der Waals surface area contributed by atoms with Gasteiger partial charge in [-0.15, -0.1) is 0 Å². The van der Waals surface area contributed by atoms with Crippen LogP contribution in [-0.4, -0.2) is 195 Å². The van der Waals surface area contributed by atoms with E-state index in [4.69, 9.17) is 88.6 Å². The molecule has 0 aliphatic heterocycles. The number of anilines is 6. The summed E-state index contributed by atoms with van der Waals surface area (Å²) >= 11 is 41.2. The fraction of sp³-hybridized carbons (Fsp3) is 0.308. The van der Waals surface area contributed by atoms with Crippen LogP contribution in [0.5, 0.6) is 0 Å². The third kappa shape index (κ3) is 27.1. The van der Waals surface area contributed by atoms with Gasteiger partial charge in [-0.2, -0.15) is 43.2 Å². The second-order valence-electron chi connectivity index (χ2n) is 30.9. The number of halogens is 6. The molecule has 1 unspecified atom stereocenters. The van der Waals surface area contributed by atoms with Gasteiger partial charge in [0.1, 0.15) is 41.8 Å². The van der Waals surface area contributed by atoms with Crippen molar-refractivity contribution in [2.24, 2.45) is 35.5 Å². The number of thiol groups is 1. The number of hydrogen-bond acceptors (Lipinski definition) is 26. The number of imide groups is 1. The maximum atomic E-state index is 12.8.